The van der Waals surface area contributed by atoms with E-state index in [1.165, 1.54) is 0 Å². The molecule has 0 bridgehead atoms. The molecule has 1 aliphatic carbocycles. The number of benzene rings is 1. The van der Waals surface area contributed by atoms with Crippen molar-refractivity contribution in [2.45, 2.75) is 77.4 Å². The Balaban J connectivity index is 1.77. The fourth-order valence-electron chi connectivity index (χ4n) is 3.97. The Kier molecular flexibility index (Phi) is 5.00. The lowest BCUT2D eigenvalue weighted by Gasteiger charge is -2.37. The highest BCUT2D eigenvalue weighted by atomic mass is 16.7. The second kappa shape index (κ2) is 6.68. The molecule has 1 saturated heterocycles. The Bertz CT molecular complexity index is 663. The second-order valence-electron chi connectivity index (χ2n) is 8.83. The van der Waals surface area contributed by atoms with Crippen LogP contribution in [0, 0.1) is 5.92 Å². The summed E-state index contributed by atoms with van der Waals surface area (Å²) in [5.41, 5.74) is 0.907. The van der Waals surface area contributed by atoms with Gasteiger partial charge in [-0.15, -0.1) is 0 Å². The van der Waals surface area contributed by atoms with Crippen molar-refractivity contribution in [3.8, 4) is 0 Å². The first kappa shape index (κ1) is 19.4. The van der Waals surface area contributed by atoms with Crippen LogP contribution in [0.15, 0.2) is 24.3 Å². The zero-order chi connectivity index (χ0) is 19.2. The number of ether oxygens (including phenoxy) is 1. The van der Waals surface area contributed by atoms with Gasteiger partial charge in [0.15, 0.2) is 0 Å². The Morgan fingerprint density at radius 1 is 1.15 bits per heavy atom. The first-order chi connectivity index (χ1) is 12.1. The maximum absolute atomic E-state index is 12.3. The Hall–Kier alpha value is -1.33. The molecule has 2 fully saturated rings. The van der Waals surface area contributed by atoms with Crippen LogP contribution in [0.3, 0.4) is 0 Å². The maximum atomic E-state index is 12.3. The van der Waals surface area contributed by atoms with E-state index in [4.69, 9.17) is 14.0 Å². The van der Waals surface area contributed by atoms with Gasteiger partial charge in [0, 0.05) is 0 Å². The molecule has 0 N–H and O–H groups in total. The Morgan fingerprint density at radius 3 is 2.27 bits per heavy atom. The molecule has 0 radical (unpaired) electrons. The van der Waals surface area contributed by atoms with E-state index in [0.29, 0.717) is 12.5 Å². The highest BCUT2D eigenvalue weighted by Crippen LogP contribution is 2.49. The largest absolute Gasteiger partial charge is 0.494 e. The molecule has 1 heterocycles. The van der Waals surface area contributed by atoms with Crippen molar-refractivity contribution in [3.63, 3.8) is 0 Å². The lowest BCUT2D eigenvalue weighted by molar-refractivity contribution is -0.146. The van der Waals surface area contributed by atoms with Crippen LogP contribution in [-0.4, -0.2) is 30.9 Å². The molecule has 1 saturated carbocycles. The topological polar surface area (TPSA) is 44.8 Å². The summed E-state index contributed by atoms with van der Waals surface area (Å²) in [6.07, 6.45) is 2.67. The maximum Gasteiger partial charge on any atom is 0.494 e. The highest BCUT2D eigenvalue weighted by molar-refractivity contribution is 6.62. The quantitative estimate of drug-likeness (QED) is 0.576. The summed E-state index contributed by atoms with van der Waals surface area (Å²) in [6.45, 7) is 13.0. The summed E-state index contributed by atoms with van der Waals surface area (Å²) >= 11 is 0. The van der Waals surface area contributed by atoms with Gasteiger partial charge in [-0.05, 0) is 63.9 Å². The molecule has 5 heteroatoms. The first-order valence-electron chi connectivity index (χ1n) is 9.77. The number of carbonyl (C=O) groups excluding carboxylic acids is 1. The van der Waals surface area contributed by atoms with E-state index in [1.54, 1.807) is 0 Å². The van der Waals surface area contributed by atoms with E-state index >= 15 is 0 Å². The molecule has 142 valence electrons. The molecular formula is C21H31BO4. The number of carbonyl (C=O) groups is 1. The SMILES string of the molecule is CCOC(=O)C1(c2ccc(B3OC(C)(C)C(C)(CC(C)C)O3)cc2)CC1. The standard InChI is InChI=1S/C21H31BO4/c1-7-24-18(23)21(12-13-21)16-8-10-17(11-9-16)22-25-19(4,5)20(6,26-22)14-15(2)3/h8-11,15H,7,12-14H2,1-6H3. The third kappa shape index (κ3) is 3.32. The Labute approximate surface area is 157 Å². The van der Waals surface area contributed by atoms with Crippen molar-refractivity contribution in [2.75, 3.05) is 6.61 Å². The number of hydrogen-bond acceptors (Lipinski definition) is 4. The number of hydrogen-bond donors (Lipinski definition) is 0. The van der Waals surface area contributed by atoms with Gasteiger partial charge >= 0.3 is 13.1 Å². The van der Waals surface area contributed by atoms with Gasteiger partial charge in [0.2, 0.25) is 0 Å². The Morgan fingerprint density at radius 2 is 1.77 bits per heavy atom. The molecule has 1 atom stereocenters. The molecule has 0 amide bonds. The van der Waals surface area contributed by atoms with Gasteiger partial charge in [0.1, 0.15) is 0 Å². The van der Waals surface area contributed by atoms with Crippen molar-refractivity contribution in [3.05, 3.63) is 29.8 Å². The first-order valence-corrected chi connectivity index (χ1v) is 9.77. The minimum Gasteiger partial charge on any atom is -0.465 e. The molecule has 3 rings (SSSR count). The van der Waals surface area contributed by atoms with Gasteiger partial charge in [-0.3, -0.25) is 4.79 Å². The lowest BCUT2D eigenvalue weighted by atomic mass is 9.78. The molecule has 2 aliphatic rings. The fourth-order valence-corrected chi connectivity index (χ4v) is 3.97. The molecule has 1 unspecified atom stereocenters. The highest BCUT2D eigenvalue weighted by Gasteiger charge is 2.55. The van der Waals surface area contributed by atoms with Crippen molar-refractivity contribution in [1.82, 2.24) is 0 Å². The number of rotatable bonds is 6. The average Bonchev–Trinajstić information content (AvgIpc) is 3.31. The molecule has 0 aromatic heterocycles. The predicted octanol–water partition coefficient (Wildman–Crippen LogP) is 3.61. The van der Waals surface area contributed by atoms with Gasteiger partial charge in [0.25, 0.3) is 0 Å². The van der Waals surface area contributed by atoms with Gasteiger partial charge < -0.3 is 14.0 Å². The second-order valence-corrected chi connectivity index (χ2v) is 8.83. The molecule has 0 spiro atoms. The number of esters is 1. The summed E-state index contributed by atoms with van der Waals surface area (Å²) in [4.78, 5) is 12.3. The minimum atomic E-state index is -0.433. The van der Waals surface area contributed by atoms with E-state index < -0.39 is 5.41 Å². The summed E-state index contributed by atoms with van der Waals surface area (Å²) in [5.74, 6) is 0.426. The minimum absolute atomic E-state index is 0.105. The molecule has 26 heavy (non-hydrogen) atoms. The third-order valence-electron chi connectivity index (χ3n) is 5.99. The lowest BCUT2D eigenvalue weighted by Crippen LogP contribution is -2.45. The van der Waals surface area contributed by atoms with E-state index in [2.05, 4.69) is 34.6 Å². The van der Waals surface area contributed by atoms with Gasteiger partial charge in [-0.1, -0.05) is 38.1 Å². The smallest absolute Gasteiger partial charge is 0.465 e. The van der Waals surface area contributed by atoms with Gasteiger partial charge in [0.05, 0.1) is 23.2 Å². The van der Waals surface area contributed by atoms with E-state index in [9.17, 15) is 4.79 Å². The van der Waals surface area contributed by atoms with Crippen LogP contribution in [0.25, 0.3) is 0 Å². The zero-order valence-electron chi connectivity index (χ0n) is 16.9. The van der Waals surface area contributed by atoms with Crippen LogP contribution < -0.4 is 5.46 Å². The van der Waals surface area contributed by atoms with Crippen LogP contribution >= 0.6 is 0 Å². The van der Waals surface area contributed by atoms with Crippen LogP contribution in [0.5, 0.6) is 0 Å². The van der Waals surface area contributed by atoms with Crippen molar-refractivity contribution < 1.29 is 18.8 Å². The average molecular weight is 358 g/mol. The third-order valence-corrected chi connectivity index (χ3v) is 5.99. The van der Waals surface area contributed by atoms with Crippen LogP contribution in [0.4, 0.5) is 0 Å². The van der Waals surface area contributed by atoms with Crippen LogP contribution in [-0.2, 0) is 24.3 Å². The van der Waals surface area contributed by atoms with Crippen LogP contribution in [0.2, 0.25) is 0 Å². The molecular weight excluding hydrogens is 327 g/mol. The predicted molar refractivity (Wildman–Crippen MR) is 103 cm³/mol. The van der Waals surface area contributed by atoms with E-state index in [1.807, 2.05) is 31.2 Å². The summed E-state index contributed by atoms with van der Waals surface area (Å²) in [7, 11) is -0.374. The van der Waals surface area contributed by atoms with Crippen LogP contribution in [0.1, 0.15) is 66.4 Å². The van der Waals surface area contributed by atoms with Crippen molar-refractivity contribution in [1.29, 1.82) is 0 Å². The molecule has 1 aromatic carbocycles. The van der Waals surface area contributed by atoms with Gasteiger partial charge in [-0.25, -0.2) is 0 Å². The summed E-state index contributed by atoms with van der Waals surface area (Å²) in [6, 6.07) is 8.10. The van der Waals surface area contributed by atoms with E-state index in [-0.39, 0.29) is 24.3 Å². The zero-order valence-corrected chi connectivity index (χ0v) is 16.9. The van der Waals surface area contributed by atoms with E-state index in [0.717, 1.165) is 30.3 Å². The monoisotopic (exact) mass is 358 g/mol. The fraction of sp³-hybridized carbons (Fsp3) is 0.667. The van der Waals surface area contributed by atoms with Crippen molar-refractivity contribution >= 4 is 18.6 Å². The van der Waals surface area contributed by atoms with Gasteiger partial charge in [-0.2, -0.15) is 0 Å². The molecule has 1 aliphatic heterocycles. The molecule has 1 aromatic rings. The van der Waals surface area contributed by atoms with Crippen molar-refractivity contribution in [2.24, 2.45) is 5.92 Å². The normalized spacial score (nSPS) is 26.2. The summed E-state index contributed by atoms with van der Waals surface area (Å²) < 4.78 is 17.9. The summed E-state index contributed by atoms with van der Waals surface area (Å²) in [5, 5.41) is 0. The molecule has 4 nitrogen and oxygen atoms in total.